The first-order valence-corrected chi connectivity index (χ1v) is 12.3. The van der Waals surface area contributed by atoms with Crippen LogP contribution in [-0.2, 0) is 11.0 Å². The van der Waals surface area contributed by atoms with Crippen LogP contribution in [-0.4, -0.2) is 11.8 Å². The molecule has 0 saturated heterocycles. The van der Waals surface area contributed by atoms with E-state index in [-0.39, 0.29) is 11.6 Å². The summed E-state index contributed by atoms with van der Waals surface area (Å²) < 4.78 is 39.4. The van der Waals surface area contributed by atoms with E-state index in [9.17, 15) is 22.8 Å². The monoisotopic (exact) mass is 540 g/mol. The zero-order valence-corrected chi connectivity index (χ0v) is 20.7. The molecule has 0 aliphatic heterocycles. The van der Waals surface area contributed by atoms with Gasteiger partial charge in [0.05, 0.1) is 5.56 Å². The molecule has 188 valence electrons. The van der Waals surface area contributed by atoms with Crippen molar-refractivity contribution in [1.82, 2.24) is 0 Å². The summed E-state index contributed by atoms with van der Waals surface area (Å²) in [7, 11) is 0. The number of thioether (sulfide) groups is 1. The molecule has 2 amide bonds. The summed E-state index contributed by atoms with van der Waals surface area (Å²) in [6.07, 6.45) is -4.52. The third-order valence-corrected chi connectivity index (χ3v) is 6.71. The number of carbonyl (C=O) groups excluding carboxylic acids is 2. The Kier molecular flexibility index (Phi) is 8.21. The van der Waals surface area contributed by atoms with Crippen LogP contribution in [0.2, 0.25) is 5.02 Å². The van der Waals surface area contributed by atoms with Gasteiger partial charge in [0.2, 0.25) is 5.91 Å². The van der Waals surface area contributed by atoms with Crippen molar-refractivity contribution < 1.29 is 22.8 Å². The number of amides is 2. The molecule has 0 aromatic heterocycles. The van der Waals surface area contributed by atoms with Gasteiger partial charge in [-0.2, -0.15) is 13.2 Å². The third kappa shape index (κ3) is 7.15. The van der Waals surface area contributed by atoms with Gasteiger partial charge in [-0.15, -0.1) is 11.8 Å². The van der Waals surface area contributed by atoms with Crippen molar-refractivity contribution >= 4 is 46.6 Å². The van der Waals surface area contributed by atoms with E-state index >= 15 is 0 Å². The Balaban J connectivity index is 1.55. The molecule has 4 rings (SSSR count). The molecule has 0 aliphatic rings. The summed E-state index contributed by atoms with van der Waals surface area (Å²) in [5.41, 5.74) is 0.778. The Hall–Kier alpha value is -3.75. The Labute approximate surface area is 220 Å². The summed E-state index contributed by atoms with van der Waals surface area (Å²) in [4.78, 5) is 26.6. The second-order valence-corrected chi connectivity index (χ2v) is 9.58. The van der Waals surface area contributed by atoms with E-state index < -0.39 is 22.9 Å². The van der Waals surface area contributed by atoms with Crippen LogP contribution in [0, 0.1) is 0 Å². The van der Waals surface area contributed by atoms with E-state index in [0.717, 1.165) is 12.1 Å². The lowest BCUT2D eigenvalue weighted by Crippen LogP contribution is -2.19. The summed E-state index contributed by atoms with van der Waals surface area (Å²) in [6.45, 7) is 0. The molecule has 0 spiro atoms. The fraction of sp³-hybridized carbons (Fsp3) is 0.0714. The highest BCUT2D eigenvalue weighted by Gasteiger charge is 2.31. The predicted octanol–water partition coefficient (Wildman–Crippen LogP) is 8.08. The van der Waals surface area contributed by atoms with Gasteiger partial charge in [-0.3, -0.25) is 9.59 Å². The molecule has 4 aromatic carbocycles. The van der Waals surface area contributed by atoms with E-state index in [1.807, 2.05) is 6.07 Å². The van der Waals surface area contributed by atoms with Crippen LogP contribution < -0.4 is 10.6 Å². The number of anilines is 2. The van der Waals surface area contributed by atoms with E-state index in [1.165, 1.54) is 23.9 Å². The van der Waals surface area contributed by atoms with E-state index in [0.29, 0.717) is 26.7 Å². The summed E-state index contributed by atoms with van der Waals surface area (Å²) in [5.74, 6) is -0.824. The van der Waals surface area contributed by atoms with Crippen molar-refractivity contribution in [2.24, 2.45) is 0 Å². The first-order chi connectivity index (χ1) is 17.7. The first kappa shape index (κ1) is 26.3. The van der Waals surface area contributed by atoms with Crippen molar-refractivity contribution in [3.63, 3.8) is 0 Å². The van der Waals surface area contributed by atoms with Crippen molar-refractivity contribution in [3.8, 4) is 0 Å². The summed E-state index contributed by atoms with van der Waals surface area (Å²) in [6, 6.07) is 26.9. The number of hydrogen-bond acceptors (Lipinski definition) is 3. The van der Waals surface area contributed by atoms with Crippen LogP contribution in [0.3, 0.4) is 0 Å². The van der Waals surface area contributed by atoms with Gasteiger partial charge in [-0.1, -0.05) is 60.1 Å². The normalized spacial score (nSPS) is 12.0. The molecule has 0 saturated carbocycles. The second kappa shape index (κ2) is 11.5. The summed E-state index contributed by atoms with van der Waals surface area (Å²) in [5, 5.41) is 5.09. The molecular weight excluding hydrogens is 521 g/mol. The smallest absolute Gasteiger partial charge is 0.325 e. The van der Waals surface area contributed by atoms with Crippen LogP contribution >= 0.6 is 23.4 Å². The number of benzene rings is 4. The lowest BCUT2D eigenvalue weighted by atomic mass is 10.1. The van der Waals surface area contributed by atoms with Crippen molar-refractivity contribution in [2.75, 3.05) is 10.6 Å². The zero-order valence-electron chi connectivity index (χ0n) is 19.1. The maximum atomic E-state index is 13.3. The maximum Gasteiger partial charge on any atom is 0.416 e. The van der Waals surface area contributed by atoms with E-state index in [1.54, 1.807) is 72.8 Å². The predicted molar refractivity (Wildman–Crippen MR) is 141 cm³/mol. The standard InChI is InChI=1S/C28H20ClF3N2O2S/c29-21-11-4-9-19(15-21)26(35)33-23-13-6-14-24(17-23)37-25(18-7-2-1-3-8-18)27(36)34-22-12-5-10-20(16-22)28(30,31)32/h1-17,25H,(H,33,35)(H,34,36). The quantitative estimate of drug-likeness (QED) is 0.233. The number of nitrogens with one attached hydrogen (secondary N) is 2. The Morgan fingerprint density at radius 1 is 0.757 bits per heavy atom. The first-order valence-electron chi connectivity index (χ1n) is 11.1. The average molecular weight is 541 g/mol. The van der Waals surface area contributed by atoms with Crippen LogP contribution in [0.15, 0.2) is 108 Å². The van der Waals surface area contributed by atoms with Crippen LogP contribution in [0.1, 0.15) is 26.7 Å². The number of rotatable bonds is 7. The molecule has 1 unspecified atom stereocenters. The zero-order chi connectivity index (χ0) is 26.4. The highest BCUT2D eigenvalue weighted by molar-refractivity contribution is 8.00. The van der Waals surface area contributed by atoms with Gasteiger partial charge in [-0.25, -0.2) is 0 Å². The minimum Gasteiger partial charge on any atom is -0.325 e. The van der Waals surface area contributed by atoms with Gasteiger partial charge in [0.15, 0.2) is 0 Å². The average Bonchev–Trinajstić information content (AvgIpc) is 2.87. The fourth-order valence-electron chi connectivity index (χ4n) is 3.50. The lowest BCUT2D eigenvalue weighted by Gasteiger charge is -2.18. The highest BCUT2D eigenvalue weighted by atomic mass is 35.5. The van der Waals surface area contributed by atoms with Crippen molar-refractivity contribution in [3.05, 3.63) is 125 Å². The molecule has 4 aromatic rings. The molecule has 37 heavy (non-hydrogen) atoms. The minimum absolute atomic E-state index is 0.0453. The minimum atomic E-state index is -4.52. The van der Waals surface area contributed by atoms with Crippen molar-refractivity contribution in [1.29, 1.82) is 0 Å². The molecule has 0 aliphatic carbocycles. The molecule has 0 radical (unpaired) electrons. The van der Waals surface area contributed by atoms with Gasteiger partial charge >= 0.3 is 6.18 Å². The van der Waals surface area contributed by atoms with Gasteiger partial charge < -0.3 is 10.6 Å². The number of halogens is 4. The van der Waals surface area contributed by atoms with E-state index in [2.05, 4.69) is 10.6 Å². The van der Waals surface area contributed by atoms with Crippen LogP contribution in [0.5, 0.6) is 0 Å². The van der Waals surface area contributed by atoms with Gasteiger partial charge in [0.25, 0.3) is 5.91 Å². The lowest BCUT2D eigenvalue weighted by molar-refractivity contribution is -0.137. The molecule has 9 heteroatoms. The summed E-state index contributed by atoms with van der Waals surface area (Å²) >= 11 is 7.19. The van der Waals surface area contributed by atoms with Gasteiger partial charge in [0.1, 0.15) is 5.25 Å². The second-order valence-electron chi connectivity index (χ2n) is 7.97. The number of alkyl halides is 3. The molecule has 0 heterocycles. The molecular formula is C28H20ClF3N2O2S. The van der Waals surface area contributed by atoms with Gasteiger partial charge in [0, 0.05) is 26.9 Å². The number of carbonyl (C=O) groups is 2. The topological polar surface area (TPSA) is 58.2 Å². The molecule has 1 atom stereocenters. The SMILES string of the molecule is O=C(Nc1cccc(SC(C(=O)Nc2cccc(C(F)(F)F)c2)c2ccccc2)c1)c1cccc(Cl)c1. The molecule has 2 N–H and O–H groups in total. The van der Waals surface area contributed by atoms with Crippen LogP contribution in [0.4, 0.5) is 24.5 Å². The molecule has 4 nitrogen and oxygen atoms in total. The highest BCUT2D eigenvalue weighted by Crippen LogP contribution is 2.38. The molecule has 0 bridgehead atoms. The molecule has 0 fully saturated rings. The Morgan fingerprint density at radius 3 is 2.14 bits per heavy atom. The fourth-order valence-corrected chi connectivity index (χ4v) is 4.77. The number of hydrogen-bond donors (Lipinski definition) is 2. The van der Waals surface area contributed by atoms with Crippen molar-refractivity contribution in [2.45, 2.75) is 16.3 Å². The Bertz CT molecular complexity index is 1410. The third-order valence-electron chi connectivity index (χ3n) is 5.23. The largest absolute Gasteiger partial charge is 0.416 e. The van der Waals surface area contributed by atoms with Crippen LogP contribution in [0.25, 0.3) is 0 Å². The van der Waals surface area contributed by atoms with Gasteiger partial charge in [-0.05, 0) is 60.2 Å². The maximum absolute atomic E-state index is 13.3. The Morgan fingerprint density at radius 2 is 1.43 bits per heavy atom. The van der Waals surface area contributed by atoms with E-state index in [4.69, 9.17) is 11.6 Å².